The van der Waals surface area contributed by atoms with Crippen molar-refractivity contribution >= 4 is 17.7 Å². The van der Waals surface area contributed by atoms with Crippen molar-refractivity contribution in [3.63, 3.8) is 0 Å². The van der Waals surface area contributed by atoms with Gasteiger partial charge in [-0.05, 0) is 12.1 Å². The van der Waals surface area contributed by atoms with E-state index in [1.807, 2.05) is 6.07 Å². The number of carbonyl (C=O) groups is 3. The highest BCUT2D eigenvalue weighted by atomic mass is 16.6. The van der Waals surface area contributed by atoms with Crippen molar-refractivity contribution in [3.05, 3.63) is 71.3 Å². The van der Waals surface area contributed by atoms with Gasteiger partial charge in [-0.1, -0.05) is 42.5 Å². The molecule has 23 heavy (non-hydrogen) atoms. The summed E-state index contributed by atoms with van der Waals surface area (Å²) in [6, 6.07) is 15.0. The summed E-state index contributed by atoms with van der Waals surface area (Å²) in [7, 11) is 0. The van der Waals surface area contributed by atoms with Crippen molar-refractivity contribution in [2.75, 3.05) is 6.61 Å². The van der Waals surface area contributed by atoms with Crippen molar-refractivity contribution < 1.29 is 23.9 Å². The Balaban J connectivity index is 1.70. The van der Waals surface area contributed by atoms with Gasteiger partial charge in [0.05, 0.1) is 12.2 Å². The van der Waals surface area contributed by atoms with Crippen molar-refractivity contribution in [2.24, 2.45) is 0 Å². The van der Waals surface area contributed by atoms with E-state index >= 15 is 0 Å². The number of carbonyl (C=O) groups excluding carboxylic acids is 3. The molecule has 1 atom stereocenters. The van der Waals surface area contributed by atoms with E-state index in [0.717, 1.165) is 0 Å². The largest absolute Gasteiger partial charge is 0.463 e. The molecule has 1 aliphatic heterocycles. The number of hydrogen-bond donors (Lipinski definition) is 0. The zero-order chi connectivity index (χ0) is 16.2. The summed E-state index contributed by atoms with van der Waals surface area (Å²) in [5.74, 6) is -1.24. The van der Waals surface area contributed by atoms with E-state index in [4.69, 9.17) is 9.47 Å². The van der Waals surface area contributed by atoms with Crippen molar-refractivity contribution in [2.45, 2.75) is 12.5 Å². The Labute approximate surface area is 132 Å². The van der Waals surface area contributed by atoms with Gasteiger partial charge in [0.1, 0.15) is 0 Å². The van der Waals surface area contributed by atoms with Gasteiger partial charge in [-0.25, -0.2) is 9.59 Å². The van der Waals surface area contributed by atoms with Crippen LogP contribution in [-0.2, 0) is 14.3 Å². The molecule has 0 N–H and O–H groups in total. The summed E-state index contributed by atoms with van der Waals surface area (Å²) in [4.78, 5) is 35.6. The number of ketones is 1. The van der Waals surface area contributed by atoms with Crippen LogP contribution in [0.3, 0.4) is 0 Å². The van der Waals surface area contributed by atoms with Crippen LogP contribution in [0.15, 0.2) is 54.6 Å². The summed E-state index contributed by atoms with van der Waals surface area (Å²) >= 11 is 0. The van der Waals surface area contributed by atoms with E-state index < -0.39 is 18.0 Å². The molecule has 0 aliphatic carbocycles. The van der Waals surface area contributed by atoms with Crippen LogP contribution in [0.5, 0.6) is 0 Å². The van der Waals surface area contributed by atoms with Gasteiger partial charge in [-0.2, -0.15) is 0 Å². The molecular formula is C18H14O5. The van der Waals surface area contributed by atoms with Crippen molar-refractivity contribution in [3.8, 4) is 0 Å². The molecule has 0 aromatic heterocycles. The SMILES string of the molecule is O=C(O[C@@H]1CCOC1=O)c1ccc(C(=O)c2ccccc2)cc1. The predicted molar refractivity (Wildman–Crippen MR) is 81.1 cm³/mol. The molecule has 0 bridgehead atoms. The summed E-state index contributed by atoms with van der Waals surface area (Å²) < 4.78 is 9.84. The molecule has 0 amide bonds. The first-order valence-electron chi connectivity index (χ1n) is 7.22. The van der Waals surface area contributed by atoms with Gasteiger partial charge >= 0.3 is 11.9 Å². The average Bonchev–Trinajstić information content (AvgIpc) is 3.00. The summed E-state index contributed by atoms with van der Waals surface area (Å²) in [6.45, 7) is 0.265. The monoisotopic (exact) mass is 310 g/mol. The third-order valence-corrected chi connectivity index (χ3v) is 3.56. The molecule has 2 aromatic carbocycles. The second kappa shape index (κ2) is 6.44. The van der Waals surface area contributed by atoms with E-state index in [9.17, 15) is 14.4 Å². The lowest BCUT2D eigenvalue weighted by Crippen LogP contribution is -2.22. The highest BCUT2D eigenvalue weighted by Crippen LogP contribution is 2.15. The number of rotatable bonds is 4. The van der Waals surface area contributed by atoms with E-state index in [2.05, 4.69) is 0 Å². The predicted octanol–water partition coefficient (Wildman–Crippen LogP) is 2.39. The first-order chi connectivity index (χ1) is 11.1. The molecule has 2 aromatic rings. The van der Waals surface area contributed by atoms with Gasteiger partial charge < -0.3 is 9.47 Å². The molecule has 5 heteroatoms. The van der Waals surface area contributed by atoms with Crippen LogP contribution in [-0.4, -0.2) is 30.4 Å². The van der Waals surface area contributed by atoms with E-state index in [-0.39, 0.29) is 18.0 Å². The van der Waals surface area contributed by atoms with Crippen molar-refractivity contribution in [1.29, 1.82) is 0 Å². The Morgan fingerprint density at radius 2 is 1.52 bits per heavy atom. The maximum Gasteiger partial charge on any atom is 0.347 e. The van der Waals surface area contributed by atoms with Gasteiger partial charge in [0.25, 0.3) is 0 Å². The topological polar surface area (TPSA) is 69.7 Å². The standard InChI is InChI=1S/C18H14O5/c19-16(12-4-2-1-3-5-12)13-6-8-14(9-7-13)17(20)23-15-10-11-22-18(15)21/h1-9,15H,10-11H2/t15-/m1/s1. The number of benzene rings is 2. The summed E-state index contributed by atoms with van der Waals surface area (Å²) in [5, 5.41) is 0. The van der Waals surface area contributed by atoms with Gasteiger partial charge in [-0.3, -0.25) is 4.79 Å². The van der Waals surface area contributed by atoms with Crippen LogP contribution >= 0.6 is 0 Å². The Morgan fingerprint density at radius 3 is 2.13 bits per heavy atom. The third-order valence-electron chi connectivity index (χ3n) is 3.56. The van der Waals surface area contributed by atoms with E-state index in [1.165, 1.54) is 12.1 Å². The molecule has 0 spiro atoms. The highest BCUT2D eigenvalue weighted by molar-refractivity contribution is 6.09. The van der Waals surface area contributed by atoms with Gasteiger partial charge in [-0.15, -0.1) is 0 Å². The van der Waals surface area contributed by atoms with Crippen molar-refractivity contribution in [1.82, 2.24) is 0 Å². The zero-order valence-corrected chi connectivity index (χ0v) is 12.2. The Bertz CT molecular complexity index is 734. The Morgan fingerprint density at radius 1 is 0.913 bits per heavy atom. The fourth-order valence-electron chi connectivity index (χ4n) is 2.30. The summed E-state index contributed by atoms with van der Waals surface area (Å²) in [6.07, 6.45) is -0.470. The van der Waals surface area contributed by atoms with Crippen LogP contribution in [0.4, 0.5) is 0 Å². The molecule has 0 unspecified atom stereocenters. The van der Waals surface area contributed by atoms with Crippen LogP contribution in [0, 0.1) is 0 Å². The molecule has 1 heterocycles. The second-order valence-electron chi connectivity index (χ2n) is 5.12. The van der Waals surface area contributed by atoms with Crippen LogP contribution in [0.2, 0.25) is 0 Å². The van der Waals surface area contributed by atoms with Gasteiger partial charge in [0, 0.05) is 17.5 Å². The fourth-order valence-corrected chi connectivity index (χ4v) is 2.30. The van der Waals surface area contributed by atoms with E-state index in [1.54, 1.807) is 36.4 Å². The molecule has 0 radical (unpaired) electrons. The van der Waals surface area contributed by atoms with Gasteiger partial charge in [0.2, 0.25) is 6.10 Å². The molecule has 3 rings (SSSR count). The normalized spacial score (nSPS) is 16.7. The van der Waals surface area contributed by atoms with Crippen LogP contribution in [0.25, 0.3) is 0 Å². The van der Waals surface area contributed by atoms with Crippen LogP contribution < -0.4 is 0 Å². The first kappa shape index (κ1) is 15.0. The number of ether oxygens (including phenoxy) is 2. The minimum Gasteiger partial charge on any atom is -0.463 e. The zero-order valence-electron chi connectivity index (χ0n) is 12.2. The average molecular weight is 310 g/mol. The molecule has 0 saturated carbocycles. The number of cyclic esters (lactones) is 1. The molecule has 1 aliphatic rings. The maximum atomic E-state index is 12.3. The second-order valence-corrected chi connectivity index (χ2v) is 5.12. The Hall–Kier alpha value is -2.95. The minimum atomic E-state index is -0.840. The smallest absolute Gasteiger partial charge is 0.347 e. The lowest BCUT2D eigenvalue weighted by molar-refractivity contribution is -0.145. The maximum absolute atomic E-state index is 12.3. The Kier molecular flexibility index (Phi) is 4.19. The molecule has 116 valence electrons. The molecule has 1 saturated heterocycles. The number of hydrogen-bond acceptors (Lipinski definition) is 5. The van der Waals surface area contributed by atoms with Gasteiger partial charge in [0.15, 0.2) is 5.78 Å². The van der Waals surface area contributed by atoms with Crippen LogP contribution in [0.1, 0.15) is 32.7 Å². The number of esters is 2. The quantitative estimate of drug-likeness (QED) is 0.640. The lowest BCUT2D eigenvalue weighted by atomic mass is 10.0. The molecular weight excluding hydrogens is 296 g/mol. The minimum absolute atomic E-state index is 0.120. The first-order valence-corrected chi connectivity index (χ1v) is 7.22. The fraction of sp³-hybridized carbons (Fsp3) is 0.167. The summed E-state index contributed by atoms with van der Waals surface area (Å²) in [5.41, 5.74) is 1.35. The molecule has 5 nitrogen and oxygen atoms in total. The lowest BCUT2D eigenvalue weighted by Gasteiger charge is -2.08. The third kappa shape index (κ3) is 3.29. The molecule has 1 fully saturated rings. The van der Waals surface area contributed by atoms with E-state index in [0.29, 0.717) is 17.5 Å². The highest BCUT2D eigenvalue weighted by Gasteiger charge is 2.30.